The van der Waals surface area contributed by atoms with Gasteiger partial charge in [0.2, 0.25) is 11.2 Å². The Morgan fingerprint density at radius 3 is 3.06 bits per heavy atom. The summed E-state index contributed by atoms with van der Waals surface area (Å²) in [5, 5.41) is 3.08. The van der Waals surface area contributed by atoms with Crippen molar-refractivity contribution in [2.75, 3.05) is 18.5 Å². The molecule has 0 unspecified atom stereocenters. The second-order valence-electron chi connectivity index (χ2n) is 4.01. The van der Waals surface area contributed by atoms with Crippen LogP contribution < -0.4 is 10.2 Å². The van der Waals surface area contributed by atoms with E-state index in [-0.39, 0.29) is 17.7 Å². The van der Waals surface area contributed by atoms with Gasteiger partial charge < -0.3 is 10.2 Å². The summed E-state index contributed by atoms with van der Waals surface area (Å²) in [7, 11) is 1.79. The van der Waals surface area contributed by atoms with Gasteiger partial charge in [-0.05, 0) is 40.4 Å². The van der Waals surface area contributed by atoms with Crippen molar-refractivity contribution in [2.45, 2.75) is 18.9 Å². The lowest BCUT2D eigenvalue weighted by atomic mass is 10.4. The van der Waals surface area contributed by atoms with Crippen LogP contribution in [0.25, 0.3) is 0 Å². The van der Waals surface area contributed by atoms with E-state index in [1.54, 1.807) is 18.1 Å². The van der Waals surface area contributed by atoms with Crippen LogP contribution in [-0.4, -0.2) is 35.5 Å². The molecule has 1 aromatic heterocycles. The van der Waals surface area contributed by atoms with Crippen molar-refractivity contribution in [2.24, 2.45) is 0 Å². The molecule has 5 nitrogen and oxygen atoms in total. The molecule has 1 heterocycles. The molecule has 0 aromatic carbocycles. The number of carbonyl (C=O) groups excluding carboxylic acids is 1. The number of nitrogens with zero attached hydrogens (tertiary/aromatic N) is 3. The van der Waals surface area contributed by atoms with Crippen LogP contribution in [0.4, 0.5) is 5.82 Å². The smallest absolute Gasteiger partial charge is 0.239 e. The molecule has 0 atom stereocenters. The Hall–Kier alpha value is -0.880. The van der Waals surface area contributed by atoms with Gasteiger partial charge in [0, 0.05) is 19.3 Å². The van der Waals surface area contributed by atoms with Crippen molar-refractivity contribution in [3.8, 4) is 0 Å². The molecule has 0 spiro atoms. The maximum atomic E-state index is 11.6. The van der Waals surface area contributed by atoms with E-state index in [2.05, 4.69) is 31.2 Å². The number of hydrogen-bond donors (Lipinski definition) is 1. The predicted molar refractivity (Wildman–Crippen MR) is 69.2 cm³/mol. The van der Waals surface area contributed by atoms with Gasteiger partial charge in [-0.25, -0.2) is 4.98 Å². The van der Waals surface area contributed by atoms with E-state index in [4.69, 9.17) is 11.6 Å². The number of rotatable bonds is 4. The maximum absolute atomic E-state index is 11.6. The molecule has 1 aromatic rings. The number of carbonyl (C=O) groups is 1. The monoisotopic (exact) mass is 318 g/mol. The lowest BCUT2D eigenvalue weighted by molar-refractivity contribution is -0.119. The van der Waals surface area contributed by atoms with E-state index in [9.17, 15) is 4.79 Å². The molecule has 0 bridgehead atoms. The van der Waals surface area contributed by atoms with Gasteiger partial charge in [-0.2, -0.15) is 4.98 Å². The molecule has 17 heavy (non-hydrogen) atoms. The minimum Gasteiger partial charge on any atom is -0.352 e. The van der Waals surface area contributed by atoms with Gasteiger partial charge in [-0.3, -0.25) is 4.79 Å². The van der Waals surface area contributed by atoms with E-state index in [0.29, 0.717) is 16.3 Å². The number of aromatic nitrogens is 2. The first-order valence-corrected chi connectivity index (χ1v) is 6.42. The zero-order chi connectivity index (χ0) is 12.4. The molecular formula is C10H12BrClN4O. The number of likely N-dealkylation sites (N-methyl/N-ethyl adjacent to an activating group) is 1. The first-order valence-electron chi connectivity index (χ1n) is 5.25. The summed E-state index contributed by atoms with van der Waals surface area (Å²) < 4.78 is 0.712. The Morgan fingerprint density at radius 2 is 2.41 bits per heavy atom. The van der Waals surface area contributed by atoms with Crippen molar-refractivity contribution in [3.63, 3.8) is 0 Å². The van der Waals surface area contributed by atoms with Crippen LogP contribution in [0.2, 0.25) is 5.28 Å². The van der Waals surface area contributed by atoms with Gasteiger partial charge >= 0.3 is 0 Å². The third-order valence-electron chi connectivity index (χ3n) is 2.38. The van der Waals surface area contributed by atoms with Crippen LogP contribution in [0.5, 0.6) is 0 Å². The molecule has 92 valence electrons. The molecule has 2 rings (SSSR count). The van der Waals surface area contributed by atoms with Gasteiger partial charge in [0.15, 0.2) is 0 Å². The average Bonchev–Trinajstić information content (AvgIpc) is 3.05. The number of hydrogen-bond acceptors (Lipinski definition) is 4. The van der Waals surface area contributed by atoms with E-state index in [0.717, 1.165) is 12.8 Å². The number of halogens is 2. The second kappa shape index (κ2) is 5.18. The third kappa shape index (κ3) is 3.54. The molecule has 1 aliphatic rings. The Kier molecular flexibility index (Phi) is 3.83. The average molecular weight is 320 g/mol. The first kappa shape index (κ1) is 12.6. The molecule has 0 radical (unpaired) electrons. The molecule has 1 aliphatic carbocycles. The van der Waals surface area contributed by atoms with Crippen LogP contribution in [0, 0.1) is 0 Å². The van der Waals surface area contributed by atoms with Crippen molar-refractivity contribution in [3.05, 3.63) is 16.0 Å². The topological polar surface area (TPSA) is 58.1 Å². The van der Waals surface area contributed by atoms with Gasteiger partial charge in [0.1, 0.15) is 5.82 Å². The Morgan fingerprint density at radius 1 is 1.71 bits per heavy atom. The summed E-state index contributed by atoms with van der Waals surface area (Å²) in [5.74, 6) is 0.604. The summed E-state index contributed by atoms with van der Waals surface area (Å²) in [5.41, 5.74) is 0. The zero-order valence-electron chi connectivity index (χ0n) is 9.28. The van der Waals surface area contributed by atoms with Crippen LogP contribution in [-0.2, 0) is 4.79 Å². The standard InChI is InChI=1S/C10H12BrClN4O/c1-16(5-8(17)14-6-2-3-6)9-7(11)4-13-10(12)15-9/h4,6H,2-3,5H2,1H3,(H,14,17). The number of amides is 1. The number of nitrogens with one attached hydrogen (secondary N) is 1. The minimum atomic E-state index is -0.00312. The summed E-state index contributed by atoms with van der Waals surface area (Å²) in [4.78, 5) is 21.3. The first-order chi connectivity index (χ1) is 8.06. The predicted octanol–water partition coefficient (Wildman–Crippen LogP) is 1.61. The van der Waals surface area contributed by atoms with Crippen molar-refractivity contribution < 1.29 is 4.79 Å². The van der Waals surface area contributed by atoms with Crippen molar-refractivity contribution >= 4 is 39.3 Å². The second-order valence-corrected chi connectivity index (χ2v) is 5.20. The van der Waals surface area contributed by atoms with E-state index in [1.807, 2.05) is 0 Å². The molecule has 0 saturated heterocycles. The fourth-order valence-corrected chi connectivity index (χ4v) is 2.02. The van der Waals surface area contributed by atoms with E-state index >= 15 is 0 Å². The molecule has 1 saturated carbocycles. The van der Waals surface area contributed by atoms with Gasteiger partial charge in [-0.1, -0.05) is 0 Å². The Bertz CT molecular complexity index is 438. The summed E-state index contributed by atoms with van der Waals surface area (Å²) in [6, 6.07) is 0.369. The highest BCUT2D eigenvalue weighted by atomic mass is 79.9. The molecule has 1 fully saturated rings. The van der Waals surface area contributed by atoms with Crippen LogP contribution in [0.1, 0.15) is 12.8 Å². The van der Waals surface area contributed by atoms with Gasteiger partial charge in [0.25, 0.3) is 0 Å². The molecule has 1 N–H and O–H groups in total. The highest BCUT2D eigenvalue weighted by molar-refractivity contribution is 9.10. The highest BCUT2D eigenvalue weighted by Gasteiger charge is 2.24. The van der Waals surface area contributed by atoms with Crippen LogP contribution in [0.15, 0.2) is 10.7 Å². The summed E-state index contributed by atoms with van der Waals surface area (Å²) in [6.07, 6.45) is 3.73. The van der Waals surface area contributed by atoms with E-state index in [1.165, 1.54) is 0 Å². The fourth-order valence-electron chi connectivity index (χ4n) is 1.40. The Balaban J connectivity index is 1.99. The van der Waals surface area contributed by atoms with Gasteiger partial charge in [0.05, 0.1) is 11.0 Å². The zero-order valence-corrected chi connectivity index (χ0v) is 11.6. The lowest BCUT2D eigenvalue weighted by Crippen LogP contribution is -2.36. The number of anilines is 1. The van der Waals surface area contributed by atoms with E-state index < -0.39 is 0 Å². The Labute approximate surface area is 113 Å². The third-order valence-corrected chi connectivity index (χ3v) is 3.12. The highest BCUT2D eigenvalue weighted by Crippen LogP contribution is 2.23. The summed E-state index contributed by atoms with van der Waals surface area (Å²) in [6.45, 7) is 0.252. The molecule has 7 heteroatoms. The maximum Gasteiger partial charge on any atom is 0.239 e. The SMILES string of the molecule is CN(CC(=O)NC1CC1)c1nc(Cl)ncc1Br. The normalized spacial score (nSPS) is 14.5. The van der Waals surface area contributed by atoms with Gasteiger partial charge in [-0.15, -0.1) is 0 Å². The minimum absolute atomic E-state index is 0.00312. The van der Waals surface area contributed by atoms with Crippen molar-refractivity contribution in [1.82, 2.24) is 15.3 Å². The fraction of sp³-hybridized carbons (Fsp3) is 0.500. The van der Waals surface area contributed by atoms with Crippen molar-refractivity contribution in [1.29, 1.82) is 0 Å². The van der Waals surface area contributed by atoms with Crippen LogP contribution >= 0.6 is 27.5 Å². The summed E-state index contributed by atoms with van der Waals surface area (Å²) >= 11 is 9.05. The quantitative estimate of drug-likeness (QED) is 0.857. The molecular weight excluding hydrogens is 307 g/mol. The largest absolute Gasteiger partial charge is 0.352 e. The van der Waals surface area contributed by atoms with Crippen LogP contribution in [0.3, 0.4) is 0 Å². The lowest BCUT2D eigenvalue weighted by Gasteiger charge is -2.18. The molecule has 1 amide bonds. The molecule has 0 aliphatic heterocycles.